The van der Waals surface area contributed by atoms with Gasteiger partial charge in [0.15, 0.2) is 0 Å². The van der Waals surface area contributed by atoms with Gasteiger partial charge >= 0.3 is 6.18 Å². The van der Waals surface area contributed by atoms with Gasteiger partial charge in [0, 0.05) is 11.8 Å². The summed E-state index contributed by atoms with van der Waals surface area (Å²) in [5, 5.41) is 9.73. The smallest absolute Gasteiger partial charge is 0.416 e. The summed E-state index contributed by atoms with van der Waals surface area (Å²) in [6.07, 6.45) is -5.27. The number of benzene rings is 1. The summed E-state index contributed by atoms with van der Waals surface area (Å²) in [5.74, 6) is -0.672. The van der Waals surface area contributed by atoms with Gasteiger partial charge in [-0.15, -0.1) is 0 Å². The fourth-order valence-electron chi connectivity index (χ4n) is 1.55. The first-order valence-corrected chi connectivity index (χ1v) is 7.21. The predicted molar refractivity (Wildman–Crippen MR) is 62.7 cm³/mol. The number of aliphatic hydroxyl groups is 1. The van der Waals surface area contributed by atoms with Crippen LogP contribution in [-0.4, -0.2) is 32.6 Å². The first kappa shape index (κ1) is 15.8. The van der Waals surface area contributed by atoms with Crippen LogP contribution in [0, 0.1) is 0 Å². The van der Waals surface area contributed by atoms with E-state index in [1.54, 1.807) is 0 Å². The van der Waals surface area contributed by atoms with Gasteiger partial charge in [-0.1, -0.05) is 0 Å². The molecule has 0 spiro atoms. The Labute approximate surface area is 108 Å². The molecule has 1 atom stereocenters. The topological polar surface area (TPSA) is 63.6 Å². The molecule has 0 radical (unpaired) electrons. The maximum atomic E-state index is 12.6. The second-order valence-electron chi connectivity index (χ2n) is 4.06. The molecular formula is C11H13F3O4S. The summed E-state index contributed by atoms with van der Waals surface area (Å²) in [6, 6.07) is 2.54. The van der Waals surface area contributed by atoms with Crippen LogP contribution in [0.4, 0.5) is 13.2 Å². The van der Waals surface area contributed by atoms with Gasteiger partial charge in [-0.25, -0.2) is 8.42 Å². The number of halogens is 3. The van der Waals surface area contributed by atoms with E-state index >= 15 is 0 Å². The normalized spacial score (nSPS) is 14.2. The second kappa shape index (κ2) is 5.38. The summed E-state index contributed by atoms with van der Waals surface area (Å²) in [5.41, 5.74) is -1.18. The molecule has 1 aromatic carbocycles. The monoisotopic (exact) mass is 298 g/mol. The van der Waals surface area contributed by atoms with Gasteiger partial charge < -0.3 is 9.84 Å². The minimum Gasteiger partial charge on any atom is -0.496 e. The number of aliphatic hydroxyl groups excluding tert-OH is 1. The molecule has 0 heterocycles. The van der Waals surface area contributed by atoms with E-state index in [0.717, 1.165) is 18.4 Å². The molecule has 1 N–H and O–H groups in total. The molecule has 1 unspecified atom stereocenters. The first-order valence-electron chi connectivity index (χ1n) is 5.15. The Morgan fingerprint density at radius 3 is 2.37 bits per heavy atom. The maximum Gasteiger partial charge on any atom is 0.416 e. The number of sulfone groups is 1. The standard InChI is InChI=1S/C11H13F3O4S/c1-18-10-4-3-7(11(12,13)14)5-8(10)9(15)6-19(2,16)17/h3-5,9,15H,6H2,1-2H3. The van der Waals surface area contributed by atoms with Crippen molar-refractivity contribution < 1.29 is 31.4 Å². The minimum atomic E-state index is -4.58. The first-order chi connectivity index (χ1) is 8.54. The fourth-order valence-corrected chi connectivity index (χ4v) is 2.30. The molecule has 0 aliphatic heterocycles. The van der Waals surface area contributed by atoms with Crippen molar-refractivity contribution in [3.63, 3.8) is 0 Å². The number of hydrogen-bond donors (Lipinski definition) is 1. The van der Waals surface area contributed by atoms with Gasteiger partial charge in [0.25, 0.3) is 0 Å². The van der Waals surface area contributed by atoms with Crippen LogP contribution in [0.5, 0.6) is 5.75 Å². The lowest BCUT2D eigenvalue weighted by molar-refractivity contribution is -0.137. The van der Waals surface area contributed by atoms with E-state index in [0.29, 0.717) is 6.07 Å². The Bertz CT molecular complexity index is 552. The molecule has 108 valence electrons. The lowest BCUT2D eigenvalue weighted by Gasteiger charge is -2.16. The zero-order chi connectivity index (χ0) is 14.8. The summed E-state index contributed by atoms with van der Waals surface area (Å²) >= 11 is 0. The van der Waals surface area contributed by atoms with Crippen molar-refractivity contribution in [1.82, 2.24) is 0 Å². The number of methoxy groups -OCH3 is 1. The zero-order valence-corrected chi connectivity index (χ0v) is 11.0. The van der Waals surface area contributed by atoms with Gasteiger partial charge in [-0.3, -0.25) is 0 Å². The van der Waals surface area contributed by atoms with Gasteiger partial charge in [-0.2, -0.15) is 13.2 Å². The summed E-state index contributed by atoms with van der Waals surface area (Å²) in [4.78, 5) is 0. The van der Waals surface area contributed by atoms with Gasteiger partial charge in [0.1, 0.15) is 15.6 Å². The van der Waals surface area contributed by atoms with E-state index in [4.69, 9.17) is 4.74 Å². The highest BCUT2D eigenvalue weighted by Crippen LogP contribution is 2.35. The third-order valence-corrected chi connectivity index (χ3v) is 3.30. The van der Waals surface area contributed by atoms with Crippen molar-refractivity contribution in [3.8, 4) is 5.75 Å². The van der Waals surface area contributed by atoms with Crippen molar-refractivity contribution in [3.05, 3.63) is 29.3 Å². The predicted octanol–water partition coefficient (Wildman–Crippen LogP) is 1.79. The zero-order valence-electron chi connectivity index (χ0n) is 10.2. The lowest BCUT2D eigenvalue weighted by atomic mass is 10.1. The summed E-state index contributed by atoms with van der Waals surface area (Å²) in [6.45, 7) is 0. The summed E-state index contributed by atoms with van der Waals surface area (Å²) in [7, 11) is -2.31. The molecule has 0 bridgehead atoms. The Morgan fingerprint density at radius 2 is 1.95 bits per heavy atom. The van der Waals surface area contributed by atoms with E-state index in [-0.39, 0.29) is 11.3 Å². The van der Waals surface area contributed by atoms with Gasteiger partial charge in [-0.05, 0) is 18.2 Å². The highest BCUT2D eigenvalue weighted by Gasteiger charge is 2.32. The third-order valence-electron chi connectivity index (χ3n) is 2.38. The molecule has 0 amide bonds. The summed E-state index contributed by atoms with van der Waals surface area (Å²) < 4.78 is 64.7. The Hall–Kier alpha value is -1.28. The number of ether oxygens (including phenoxy) is 1. The van der Waals surface area contributed by atoms with Crippen LogP contribution in [0.3, 0.4) is 0 Å². The molecule has 1 rings (SSSR count). The second-order valence-corrected chi connectivity index (χ2v) is 6.25. The highest BCUT2D eigenvalue weighted by molar-refractivity contribution is 7.90. The van der Waals surface area contributed by atoms with Crippen molar-refractivity contribution in [1.29, 1.82) is 0 Å². The molecule has 0 saturated carbocycles. The molecular weight excluding hydrogens is 285 g/mol. The van der Waals surface area contributed by atoms with Crippen LogP contribution in [0.2, 0.25) is 0 Å². The van der Waals surface area contributed by atoms with E-state index in [1.807, 2.05) is 0 Å². The van der Waals surface area contributed by atoms with Crippen molar-refractivity contribution in [2.24, 2.45) is 0 Å². The Kier molecular flexibility index (Phi) is 4.46. The number of rotatable bonds is 4. The van der Waals surface area contributed by atoms with Crippen LogP contribution in [-0.2, 0) is 16.0 Å². The van der Waals surface area contributed by atoms with Crippen LogP contribution >= 0.6 is 0 Å². The minimum absolute atomic E-state index is 0.00384. The average Bonchev–Trinajstić information content (AvgIpc) is 2.24. The quantitative estimate of drug-likeness (QED) is 0.920. The van der Waals surface area contributed by atoms with Crippen LogP contribution in [0.15, 0.2) is 18.2 Å². The van der Waals surface area contributed by atoms with E-state index in [2.05, 4.69) is 0 Å². The molecule has 19 heavy (non-hydrogen) atoms. The van der Waals surface area contributed by atoms with Gasteiger partial charge in [0.2, 0.25) is 0 Å². The van der Waals surface area contributed by atoms with E-state index < -0.39 is 33.4 Å². The molecule has 0 fully saturated rings. The van der Waals surface area contributed by atoms with Crippen LogP contribution in [0.25, 0.3) is 0 Å². The Morgan fingerprint density at radius 1 is 1.37 bits per heavy atom. The largest absolute Gasteiger partial charge is 0.496 e. The molecule has 0 saturated heterocycles. The molecule has 8 heteroatoms. The van der Waals surface area contributed by atoms with Crippen molar-refractivity contribution in [2.45, 2.75) is 12.3 Å². The van der Waals surface area contributed by atoms with Crippen LogP contribution in [0.1, 0.15) is 17.2 Å². The average molecular weight is 298 g/mol. The molecule has 1 aromatic rings. The Balaban J connectivity index is 3.23. The molecule has 0 aliphatic carbocycles. The number of alkyl halides is 3. The van der Waals surface area contributed by atoms with E-state index in [1.165, 1.54) is 7.11 Å². The molecule has 0 aliphatic rings. The highest BCUT2D eigenvalue weighted by atomic mass is 32.2. The van der Waals surface area contributed by atoms with Crippen molar-refractivity contribution >= 4 is 9.84 Å². The number of hydrogen-bond acceptors (Lipinski definition) is 4. The van der Waals surface area contributed by atoms with E-state index in [9.17, 15) is 26.7 Å². The van der Waals surface area contributed by atoms with Crippen LogP contribution < -0.4 is 4.74 Å². The molecule has 4 nitrogen and oxygen atoms in total. The fraction of sp³-hybridized carbons (Fsp3) is 0.455. The maximum absolute atomic E-state index is 12.6. The molecule has 0 aromatic heterocycles. The lowest BCUT2D eigenvalue weighted by Crippen LogP contribution is -2.15. The SMILES string of the molecule is COc1ccc(C(F)(F)F)cc1C(O)CS(C)(=O)=O. The van der Waals surface area contributed by atoms with Gasteiger partial charge in [0.05, 0.1) is 24.5 Å². The van der Waals surface area contributed by atoms with Crippen molar-refractivity contribution in [2.75, 3.05) is 19.1 Å². The third kappa shape index (κ3) is 4.39.